The Kier molecular flexibility index (Phi) is 4.94. The number of nitrogens with two attached hydrogens (primary N) is 1. The first kappa shape index (κ1) is 16.9. The minimum absolute atomic E-state index is 0.0284. The molecule has 2 rings (SSSR count). The van der Waals surface area contributed by atoms with E-state index >= 15 is 0 Å². The van der Waals surface area contributed by atoms with Crippen LogP contribution in [-0.4, -0.2) is 19.6 Å². The first-order valence-corrected chi connectivity index (χ1v) is 8.06. The van der Waals surface area contributed by atoms with E-state index in [2.05, 4.69) is 10.5 Å². The first-order chi connectivity index (χ1) is 10.8. The lowest BCUT2D eigenvalue weighted by Gasteiger charge is -2.04. The molecule has 2 aromatic rings. The van der Waals surface area contributed by atoms with Crippen molar-refractivity contribution >= 4 is 39.2 Å². The number of hydrogen-bond acceptors (Lipinski definition) is 6. The fraction of sp³-hybridized carbons (Fsp3) is 0. The molecular weight excluding hydrogens is 344 g/mol. The van der Waals surface area contributed by atoms with Crippen molar-refractivity contribution in [2.75, 3.05) is 5.43 Å². The van der Waals surface area contributed by atoms with E-state index in [1.54, 1.807) is 24.3 Å². The van der Waals surface area contributed by atoms with E-state index in [0.717, 1.165) is 12.1 Å². The molecule has 0 atom stereocenters. The van der Waals surface area contributed by atoms with Crippen molar-refractivity contribution in [3.63, 3.8) is 0 Å². The van der Waals surface area contributed by atoms with Gasteiger partial charge in [0.2, 0.25) is 10.0 Å². The highest BCUT2D eigenvalue weighted by molar-refractivity contribution is 7.89. The summed E-state index contributed by atoms with van der Waals surface area (Å²) >= 11 is 5.83. The van der Waals surface area contributed by atoms with Gasteiger partial charge in [-0.1, -0.05) is 23.7 Å². The van der Waals surface area contributed by atoms with Gasteiger partial charge in [0.15, 0.2) is 0 Å². The van der Waals surface area contributed by atoms with Gasteiger partial charge in [0.05, 0.1) is 16.0 Å². The number of nitrogens with one attached hydrogen (secondary N) is 1. The van der Waals surface area contributed by atoms with Gasteiger partial charge in [-0.3, -0.25) is 15.5 Å². The first-order valence-electron chi connectivity index (χ1n) is 6.13. The largest absolute Gasteiger partial charge is 0.295 e. The van der Waals surface area contributed by atoms with Crippen LogP contribution in [0.1, 0.15) is 5.56 Å². The summed E-state index contributed by atoms with van der Waals surface area (Å²) in [4.78, 5) is 9.96. The number of sulfonamides is 1. The molecule has 0 saturated heterocycles. The van der Waals surface area contributed by atoms with Crippen LogP contribution >= 0.6 is 11.6 Å². The van der Waals surface area contributed by atoms with Crippen molar-refractivity contribution in [2.45, 2.75) is 4.90 Å². The van der Waals surface area contributed by atoms with Crippen molar-refractivity contribution in [3.05, 3.63) is 63.2 Å². The van der Waals surface area contributed by atoms with E-state index in [-0.39, 0.29) is 10.6 Å². The van der Waals surface area contributed by atoms with Gasteiger partial charge in [0, 0.05) is 11.1 Å². The van der Waals surface area contributed by atoms with Crippen molar-refractivity contribution in [2.24, 2.45) is 10.2 Å². The molecule has 23 heavy (non-hydrogen) atoms. The fourth-order valence-corrected chi connectivity index (χ4v) is 2.43. The van der Waals surface area contributed by atoms with Gasteiger partial charge in [0.1, 0.15) is 5.69 Å². The third-order valence-corrected chi connectivity index (χ3v) is 3.89. The summed E-state index contributed by atoms with van der Waals surface area (Å²) in [6.07, 6.45) is 1.42. The number of benzene rings is 2. The van der Waals surface area contributed by atoms with Gasteiger partial charge >= 0.3 is 0 Å². The van der Waals surface area contributed by atoms with Crippen molar-refractivity contribution < 1.29 is 13.3 Å². The quantitative estimate of drug-likeness (QED) is 0.484. The summed E-state index contributed by atoms with van der Waals surface area (Å²) in [5, 5.41) is 20.4. The molecule has 10 heteroatoms. The lowest BCUT2D eigenvalue weighted by molar-refractivity contribution is -0.384. The normalized spacial score (nSPS) is 11.6. The average molecular weight is 355 g/mol. The molecule has 0 aliphatic carbocycles. The highest BCUT2D eigenvalue weighted by Gasteiger charge is 2.18. The molecule has 0 heterocycles. The Morgan fingerprint density at radius 3 is 2.61 bits per heavy atom. The minimum atomic E-state index is -4.03. The fourth-order valence-electron chi connectivity index (χ4n) is 1.70. The minimum Gasteiger partial charge on any atom is -0.272 e. The van der Waals surface area contributed by atoms with Gasteiger partial charge in [0.25, 0.3) is 5.69 Å². The Balaban J connectivity index is 2.27. The summed E-state index contributed by atoms with van der Waals surface area (Å²) in [7, 11) is -4.03. The van der Waals surface area contributed by atoms with Crippen LogP contribution in [0, 0.1) is 10.1 Å². The molecule has 8 nitrogen and oxygen atoms in total. The Bertz CT molecular complexity index is 883. The van der Waals surface area contributed by atoms with Gasteiger partial charge in [-0.25, -0.2) is 13.6 Å². The molecule has 0 saturated carbocycles. The summed E-state index contributed by atoms with van der Waals surface area (Å²) < 4.78 is 22.5. The maximum absolute atomic E-state index is 11.2. The van der Waals surface area contributed by atoms with Crippen LogP contribution in [0.3, 0.4) is 0 Å². The van der Waals surface area contributed by atoms with Gasteiger partial charge < -0.3 is 0 Å². The maximum atomic E-state index is 11.2. The highest BCUT2D eigenvalue weighted by atomic mass is 35.5. The molecular formula is C13H11ClN4O4S. The predicted octanol–water partition coefficient (Wildman–Crippen LogP) is 2.34. The number of anilines is 1. The summed E-state index contributed by atoms with van der Waals surface area (Å²) in [5.41, 5.74) is 2.75. The Morgan fingerprint density at radius 1 is 1.26 bits per heavy atom. The molecule has 0 amide bonds. The van der Waals surface area contributed by atoms with Crippen LogP contribution in [-0.2, 0) is 10.0 Å². The lowest BCUT2D eigenvalue weighted by Crippen LogP contribution is -2.12. The van der Waals surface area contributed by atoms with E-state index in [9.17, 15) is 18.5 Å². The van der Waals surface area contributed by atoms with Gasteiger partial charge in [-0.15, -0.1) is 0 Å². The van der Waals surface area contributed by atoms with E-state index in [0.29, 0.717) is 10.6 Å². The SMILES string of the molecule is NS(=O)(=O)c1ccc(N/N=C/c2cccc(Cl)c2)c([N+](=O)[O-])c1. The van der Waals surface area contributed by atoms with Crippen LogP contribution in [0.15, 0.2) is 52.5 Å². The predicted molar refractivity (Wildman–Crippen MR) is 87.1 cm³/mol. The molecule has 0 radical (unpaired) electrons. The molecule has 0 bridgehead atoms. The Labute approximate surface area is 136 Å². The molecule has 0 spiro atoms. The topological polar surface area (TPSA) is 128 Å². The van der Waals surface area contributed by atoms with Gasteiger partial charge in [-0.05, 0) is 29.8 Å². The molecule has 0 aliphatic heterocycles. The average Bonchev–Trinajstić information content (AvgIpc) is 2.46. The number of nitro groups is 1. The van der Waals surface area contributed by atoms with E-state index in [1.165, 1.54) is 12.3 Å². The number of rotatable bonds is 5. The summed E-state index contributed by atoms with van der Waals surface area (Å²) in [6.45, 7) is 0. The monoisotopic (exact) mass is 354 g/mol. The lowest BCUT2D eigenvalue weighted by atomic mass is 10.2. The van der Waals surface area contributed by atoms with Crippen molar-refractivity contribution in [1.29, 1.82) is 0 Å². The molecule has 3 N–H and O–H groups in total. The molecule has 0 unspecified atom stereocenters. The molecule has 120 valence electrons. The van der Waals surface area contributed by atoms with Crippen LogP contribution in [0.2, 0.25) is 5.02 Å². The Morgan fingerprint density at radius 2 is 2.00 bits per heavy atom. The number of hydrogen-bond donors (Lipinski definition) is 2. The van der Waals surface area contributed by atoms with Crippen LogP contribution in [0.5, 0.6) is 0 Å². The van der Waals surface area contributed by atoms with E-state index in [1.807, 2.05) is 0 Å². The zero-order valence-electron chi connectivity index (χ0n) is 11.5. The second-order valence-corrected chi connectivity index (χ2v) is 6.40. The second kappa shape index (κ2) is 6.73. The molecule has 2 aromatic carbocycles. The maximum Gasteiger partial charge on any atom is 0.295 e. The highest BCUT2D eigenvalue weighted by Crippen LogP contribution is 2.27. The van der Waals surface area contributed by atoms with Crippen LogP contribution in [0.4, 0.5) is 11.4 Å². The third kappa shape index (κ3) is 4.49. The van der Waals surface area contributed by atoms with Crippen LogP contribution in [0.25, 0.3) is 0 Å². The molecule has 0 aliphatic rings. The van der Waals surface area contributed by atoms with Crippen molar-refractivity contribution in [3.8, 4) is 0 Å². The zero-order chi connectivity index (χ0) is 17.0. The molecule has 0 fully saturated rings. The standard InChI is InChI=1S/C13H11ClN4O4S/c14-10-3-1-2-9(6-10)8-16-17-12-5-4-11(23(15,21)22)7-13(12)18(19)20/h1-8,17H,(H2,15,21,22)/b16-8+. The smallest absolute Gasteiger partial charge is 0.272 e. The Hall–Kier alpha value is -2.49. The molecule has 0 aromatic heterocycles. The number of nitrogens with zero attached hydrogens (tertiary/aromatic N) is 2. The third-order valence-electron chi connectivity index (χ3n) is 2.74. The zero-order valence-corrected chi connectivity index (χ0v) is 13.1. The number of nitro benzene ring substituents is 1. The van der Waals surface area contributed by atoms with E-state index in [4.69, 9.17) is 16.7 Å². The second-order valence-electron chi connectivity index (χ2n) is 4.41. The summed E-state index contributed by atoms with van der Waals surface area (Å²) in [5.74, 6) is 0. The number of hydrazone groups is 1. The van der Waals surface area contributed by atoms with Crippen molar-refractivity contribution in [1.82, 2.24) is 0 Å². The van der Waals surface area contributed by atoms with Gasteiger partial charge in [-0.2, -0.15) is 5.10 Å². The van der Waals surface area contributed by atoms with E-state index < -0.39 is 20.6 Å². The number of primary sulfonamides is 1. The number of halogens is 1. The van der Waals surface area contributed by atoms with Crippen LogP contribution < -0.4 is 10.6 Å². The summed E-state index contributed by atoms with van der Waals surface area (Å²) in [6, 6.07) is 10.1.